The Labute approximate surface area is 159 Å². The van der Waals surface area contributed by atoms with Gasteiger partial charge < -0.3 is 5.73 Å². The number of allylic oxidation sites excluding steroid dienone is 8. The normalized spacial score (nSPS) is 13.7. The number of halogens is 1. The number of hydrogen-bond acceptors (Lipinski definition) is 1. The molecule has 0 rings (SSSR count). The van der Waals surface area contributed by atoms with Gasteiger partial charge in [-0.1, -0.05) is 74.8 Å². The number of alkyl halides is 1. The first kappa shape index (κ1) is 23.7. The van der Waals surface area contributed by atoms with Gasteiger partial charge in [0.05, 0.1) is 0 Å². The Morgan fingerprint density at radius 2 is 1.24 bits per heavy atom. The lowest BCUT2D eigenvalue weighted by Crippen LogP contribution is -2.23. The minimum absolute atomic E-state index is 0.417. The Morgan fingerprint density at radius 1 is 0.800 bits per heavy atom. The van der Waals surface area contributed by atoms with E-state index in [0.717, 1.165) is 38.5 Å². The van der Waals surface area contributed by atoms with Crippen molar-refractivity contribution in [2.45, 2.75) is 82.9 Å². The first-order valence-corrected chi connectivity index (χ1v) is 10.2. The molecule has 1 atom stereocenters. The minimum Gasteiger partial charge on any atom is -0.368 e. The Kier molecular flexibility index (Phi) is 18.1. The summed E-state index contributed by atoms with van der Waals surface area (Å²) >= 11 is 5.78. The van der Waals surface area contributed by atoms with Gasteiger partial charge in [0.2, 0.25) is 5.91 Å². The maximum absolute atomic E-state index is 10.8. The van der Waals surface area contributed by atoms with E-state index in [-0.39, 0.29) is 0 Å². The molecule has 2 N–H and O–H groups in total. The van der Waals surface area contributed by atoms with Crippen LogP contribution in [0.1, 0.15) is 77.6 Å². The van der Waals surface area contributed by atoms with Gasteiger partial charge in [0, 0.05) is 0 Å². The van der Waals surface area contributed by atoms with E-state index >= 15 is 0 Å². The van der Waals surface area contributed by atoms with Gasteiger partial charge >= 0.3 is 0 Å². The van der Waals surface area contributed by atoms with Gasteiger partial charge in [0.15, 0.2) is 0 Å². The summed E-state index contributed by atoms with van der Waals surface area (Å²) in [6, 6.07) is 0. The summed E-state index contributed by atoms with van der Waals surface area (Å²) in [4.78, 5) is 10.8. The minimum atomic E-state index is -0.517. The molecule has 0 aromatic carbocycles. The number of rotatable bonds is 16. The summed E-state index contributed by atoms with van der Waals surface area (Å²) in [6.45, 7) is 2.24. The molecular formula is C22H36ClNO. The van der Waals surface area contributed by atoms with Gasteiger partial charge in [-0.15, -0.1) is 11.6 Å². The van der Waals surface area contributed by atoms with E-state index in [2.05, 4.69) is 55.5 Å². The molecule has 1 amide bonds. The third kappa shape index (κ3) is 18.9. The molecule has 0 aliphatic rings. The number of carbonyl (C=O) groups excluding carboxylic acids is 1. The van der Waals surface area contributed by atoms with E-state index in [4.69, 9.17) is 17.3 Å². The lowest BCUT2D eigenvalue weighted by atomic mass is 10.1. The Balaban J connectivity index is 3.44. The molecule has 0 aromatic rings. The van der Waals surface area contributed by atoms with E-state index in [1.807, 2.05) is 0 Å². The van der Waals surface area contributed by atoms with Gasteiger partial charge in [-0.25, -0.2) is 0 Å². The monoisotopic (exact) mass is 365 g/mol. The maximum Gasteiger partial charge on any atom is 0.235 e. The SMILES string of the molecule is CCCCCC=CCC=CCC=CCC=CCCCCC(Cl)C(N)=O. The molecule has 1 unspecified atom stereocenters. The van der Waals surface area contributed by atoms with Crippen molar-refractivity contribution >= 4 is 17.5 Å². The second kappa shape index (κ2) is 19.1. The highest BCUT2D eigenvalue weighted by atomic mass is 35.5. The van der Waals surface area contributed by atoms with Crippen LogP contribution in [0, 0.1) is 0 Å². The van der Waals surface area contributed by atoms with Crippen molar-refractivity contribution in [2.24, 2.45) is 5.73 Å². The molecule has 0 saturated heterocycles. The van der Waals surface area contributed by atoms with Crippen molar-refractivity contribution < 1.29 is 4.79 Å². The van der Waals surface area contributed by atoms with Gasteiger partial charge in [-0.2, -0.15) is 0 Å². The molecule has 0 spiro atoms. The average Bonchev–Trinajstić information content (AvgIpc) is 2.60. The van der Waals surface area contributed by atoms with Crippen molar-refractivity contribution in [3.8, 4) is 0 Å². The molecule has 0 radical (unpaired) electrons. The zero-order chi connectivity index (χ0) is 18.6. The third-order valence-electron chi connectivity index (χ3n) is 3.84. The van der Waals surface area contributed by atoms with Crippen molar-refractivity contribution in [3.05, 3.63) is 48.6 Å². The molecule has 0 aliphatic heterocycles. The average molecular weight is 366 g/mol. The molecule has 25 heavy (non-hydrogen) atoms. The molecule has 0 saturated carbocycles. The number of carbonyl (C=O) groups is 1. The van der Waals surface area contributed by atoms with Crippen LogP contribution in [0.25, 0.3) is 0 Å². The number of hydrogen-bond donors (Lipinski definition) is 1. The van der Waals surface area contributed by atoms with Gasteiger partial charge in [0.1, 0.15) is 5.38 Å². The summed E-state index contributed by atoms with van der Waals surface area (Å²) in [6.07, 6.45) is 29.6. The summed E-state index contributed by atoms with van der Waals surface area (Å²) in [5.41, 5.74) is 5.11. The smallest absolute Gasteiger partial charge is 0.235 e. The van der Waals surface area contributed by atoms with Crippen molar-refractivity contribution in [1.29, 1.82) is 0 Å². The molecule has 0 fully saturated rings. The standard InChI is InChI=1S/C22H36ClNO/c1-2-3-4-5-6-7-8-9-10-11-12-13-14-15-16-17-18-19-20-21(23)22(24)25/h6-7,9-10,12-13,15-16,21H,2-5,8,11,14,17-20H2,1H3,(H2,24,25). The Bertz CT molecular complexity index is 424. The topological polar surface area (TPSA) is 43.1 Å². The molecule has 0 aliphatic carbocycles. The number of nitrogens with two attached hydrogens (primary N) is 1. The Hall–Kier alpha value is -1.28. The summed E-state index contributed by atoms with van der Waals surface area (Å²) in [5.74, 6) is -0.417. The first-order valence-electron chi connectivity index (χ1n) is 9.71. The summed E-state index contributed by atoms with van der Waals surface area (Å²) < 4.78 is 0. The number of unbranched alkanes of at least 4 members (excludes halogenated alkanes) is 5. The van der Waals surface area contributed by atoms with Gasteiger partial charge in [-0.05, 0) is 51.4 Å². The van der Waals surface area contributed by atoms with Crippen LogP contribution in [-0.4, -0.2) is 11.3 Å². The molecule has 0 bridgehead atoms. The Morgan fingerprint density at radius 3 is 1.68 bits per heavy atom. The van der Waals surface area contributed by atoms with Crippen LogP contribution in [0.3, 0.4) is 0 Å². The van der Waals surface area contributed by atoms with Crippen LogP contribution in [0.2, 0.25) is 0 Å². The zero-order valence-corrected chi connectivity index (χ0v) is 16.6. The van der Waals surface area contributed by atoms with Crippen molar-refractivity contribution in [2.75, 3.05) is 0 Å². The van der Waals surface area contributed by atoms with Crippen molar-refractivity contribution in [1.82, 2.24) is 0 Å². The van der Waals surface area contributed by atoms with Crippen LogP contribution in [0.5, 0.6) is 0 Å². The van der Waals surface area contributed by atoms with Gasteiger partial charge in [-0.3, -0.25) is 4.79 Å². The largest absolute Gasteiger partial charge is 0.368 e. The second-order valence-corrected chi connectivity index (χ2v) is 6.77. The zero-order valence-electron chi connectivity index (χ0n) is 15.8. The maximum atomic E-state index is 10.8. The predicted octanol–water partition coefficient (Wildman–Crippen LogP) is 6.61. The molecular weight excluding hydrogens is 330 g/mol. The lowest BCUT2D eigenvalue weighted by Gasteiger charge is -2.02. The highest BCUT2D eigenvalue weighted by Gasteiger charge is 2.09. The van der Waals surface area contributed by atoms with Crippen molar-refractivity contribution in [3.63, 3.8) is 0 Å². The molecule has 0 aromatic heterocycles. The third-order valence-corrected chi connectivity index (χ3v) is 4.28. The summed E-state index contributed by atoms with van der Waals surface area (Å²) in [7, 11) is 0. The van der Waals surface area contributed by atoms with E-state index in [9.17, 15) is 4.79 Å². The number of primary amides is 1. The van der Waals surface area contributed by atoms with E-state index in [1.165, 1.54) is 25.7 Å². The predicted molar refractivity (Wildman–Crippen MR) is 112 cm³/mol. The van der Waals surface area contributed by atoms with E-state index in [0.29, 0.717) is 6.42 Å². The van der Waals surface area contributed by atoms with Crippen LogP contribution in [0.15, 0.2) is 48.6 Å². The number of amides is 1. The summed E-state index contributed by atoms with van der Waals surface area (Å²) in [5, 5.41) is -0.517. The van der Waals surface area contributed by atoms with Crippen LogP contribution < -0.4 is 5.73 Å². The van der Waals surface area contributed by atoms with E-state index < -0.39 is 11.3 Å². The molecule has 2 nitrogen and oxygen atoms in total. The second-order valence-electron chi connectivity index (χ2n) is 6.24. The van der Waals surface area contributed by atoms with Crippen LogP contribution in [-0.2, 0) is 4.79 Å². The fourth-order valence-corrected chi connectivity index (χ4v) is 2.44. The quantitative estimate of drug-likeness (QED) is 0.186. The van der Waals surface area contributed by atoms with Crippen LogP contribution in [0.4, 0.5) is 0 Å². The van der Waals surface area contributed by atoms with Crippen LogP contribution >= 0.6 is 11.6 Å². The van der Waals surface area contributed by atoms with E-state index in [1.54, 1.807) is 0 Å². The van der Waals surface area contributed by atoms with Gasteiger partial charge in [0.25, 0.3) is 0 Å². The molecule has 142 valence electrons. The fourth-order valence-electron chi connectivity index (χ4n) is 2.29. The fraction of sp³-hybridized carbons (Fsp3) is 0.591. The molecule has 0 heterocycles. The lowest BCUT2D eigenvalue weighted by molar-refractivity contribution is -0.117. The highest BCUT2D eigenvalue weighted by molar-refractivity contribution is 6.30. The first-order chi connectivity index (χ1) is 12.2. The molecule has 3 heteroatoms. The highest BCUT2D eigenvalue weighted by Crippen LogP contribution is 2.09.